The lowest BCUT2D eigenvalue weighted by Gasteiger charge is -2.27. The number of likely N-dealkylation sites (N-methyl/N-ethyl adjacent to an activating group) is 1. The number of amides is 1. The van der Waals surface area contributed by atoms with Crippen LogP contribution in [0, 0.1) is 0 Å². The molecule has 0 atom stereocenters. The maximum Gasteiger partial charge on any atom is 0.254 e. The minimum Gasteiger partial charge on any atom is -0.333 e. The highest BCUT2D eigenvalue weighted by molar-refractivity contribution is 7.89. The van der Waals surface area contributed by atoms with Gasteiger partial charge < -0.3 is 9.80 Å². The maximum atomic E-state index is 13.3. The van der Waals surface area contributed by atoms with Crippen molar-refractivity contribution in [1.29, 1.82) is 0 Å². The van der Waals surface area contributed by atoms with Crippen molar-refractivity contribution in [3.8, 4) is 0 Å². The number of rotatable bonds is 8. The molecule has 0 bridgehead atoms. The van der Waals surface area contributed by atoms with E-state index in [-0.39, 0.29) is 10.8 Å². The molecule has 7 heteroatoms. The minimum atomic E-state index is -3.57. The van der Waals surface area contributed by atoms with Gasteiger partial charge in [-0.05, 0) is 50.7 Å². The number of nitrogens with zero attached hydrogens (tertiary/aromatic N) is 3. The van der Waals surface area contributed by atoms with Crippen LogP contribution in [0.4, 0.5) is 0 Å². The predicted molar refractivity (Wildman–Crippen MR) is 119 cm³/mol. The standard InChI is InChI=1S/C23H31N3O3S/c1-24(2)16-17-25(19-20-10-5-3-6-11-20)23(27)21-12-9-13-22(18-21)30(28,29)26-14-7-4-8-15-26/h3,5-6,9-13,18H,4,7-8,14-17,19H2,1-2H3. The van der Waals surface area contributed by atoms with Crippen molar-refractivity contribution in [2.75, 3.05) is 40.3 Å². The number of carbonyl (C=O) groups is 1. The molecular weight excluding hydrogens is 398 g/mol. The third kappa shape index (κ3) is 5.68. The third-order valence-electron chi connectivity index (χ3n) is 5.35. The zero-order valence-corrected chi connectivity index (χ0v) is 18.6. The zero-order chi connectivity index (χ0) is 21.6. The first-order valence-corrected chi connectivity index (χ1v) is 11.9. The Hall–Kier alpha value is -2.22. The second-order valence-corrected chi connectivity index (χ2v) is 9.95. The van der Waals surface area contributed by atoms with Crippen LogP contribution >= 0.6 is 0 Å². The molecule has 1 saturated heterocycles. The first-order valence-electron chi connectivity index (χ1n) is 10.5. The van der Waals surface area contributed by atoms with Crippen molar-refractivity contribution in [3.05, 3.63) is 65.7 Å². The van der Waals surface area contributed by atoms with Crippen LogP contribution in [-0.2, 0) is 16.6 Å². The molecule has 162 valence electrons. The fraction of sp³-hybridized carbons (Fsp3) is 0.435. The van der Waals surface area contributed by atoms with E-state index in [1.807, 2.05) is 49.3 Å². The van der Waals surface area contributed by atoms with E-state index in [9.17, 15) is 13.2 Å². The van der Waals surface area contributed by atoms with E-state index in [1.165, 1.54) is 10.4 Å². The maximum absolute atomic E-state index is 13.3. The molecule has 1 aliphatic heterocycles. The second-order valence-electron chi connectivity index (χ2n) is 8.01. The molecule has 1 amide bonds. The number of hydrogen-bond donors (Lipinski definition) is 0. The monoisotopic (exact) mass is 429 g/mol. The Morgan fingerprint density at radius 2 is 1.63 bits per heavy atom. The second kappa shape index (κ2) is 10.2. The fourth-order valence-corrected chi connectivity index (χ4v) is 5.17. The molecule has 0 unspecified atom stereocenters. The van der Waals surface area contributed by atoms with E-state index in [1.54, 1.807) is 23.1 Å². The Morgan fingerprint density at radius 1 is 0.933 bits per heavy atom. The van der Waals surface area contributed by atoms with Crippen molar-refractivity contribution < 1.29 is 13.2 Å². The van der Waals surface area contributed by atoms with Gasteiger partial charge in [0.1, 0.15) is 0 Å². The lowest BCUT2D eigenvalue weighted by atomic mass is 10.1. The normalized spacial score (nSPS) is 15.3. The molecule has 3 rings (SSSR count). The van der Waals surface area contributed by atoms with Gasteiger partial charge in [-0.15, -0.1) is 0 Å². The summed E-state index contributed by atoms with van der Waals surface area (Å²) in [6, 6.07) is 16.3. The Morgan fingerprint density at radius 3 is 2.30 bits per heavy atom. The van der Waals surface area contributed by atoms with Gasteiger partial charge in [0, 0.05) is 38.3 Å². The number of benzene rings is 2. The van der Waals surface area contributed by atoms with Crippen molar-refractivity contribution in [2.45, 2.75) is 30.7 Å². The Bertz CT molecular complexity index is 939. The molecule has 1 fully saturated rings. The SMILES string of the molecule is CN(C)CCN(Cc1ccccc1)C(=O)c1cccc(S(=O)(=O)N2CCCCC2)c1. The van der Waals surface area contributed by atoms with Crippen LogP contribution < -0.4 is 0 Å². The van der Waals surface area contributed by atoms with Gasteiger partial charge in [0.25, 0.3) is 5.91 Å². The van der Waals surface area contributed by atoms with Crippen molar-refractivity contribution in [2.24, 2.45) is 0 Å². The Kier molecular flexibility index (Phi) is 7.64. The van der Waals surface area contributed by atoms with Gasteiger partial charge >= 0.3 is 0 Å². The van der Waals surface area contributed by atoms with E-state index in [2.05, 4.69) is 0 Å². The summed E-state index contributed by atoms with van der Waals surface area (Å²) in [5.41, 5.74) is 1.45. The molecule has 1 aliphatic rings. The summed E-state index contributed by atoms with van der Waals surface area (Å²) in [5, 5.41) is 0. The smallest absolute Gasteiger partial charge is 0.254 e. The van der Waals surface area contributed by atoms with Crippen molar-refractivity contribution in [1.82, 2.24) is 14.1 Å². The molecule has 6 nitrogen and oxygen atoms in total. The van der Waals surface area contributed by atoms with Gasteiger partial charge in [-0.25, -0.2) is 8.42 Å². The number of sulfonamides is 1. The fourth-order valence-electron chi connectivity index (χ4n) is 3.60. The van der Waals surface area contributed by atoms with E-state index >= 15 is 0 Å². The molecule has 0 spiro atoms. The van der Waals surface area contributed by atoms with Gasteiger partial charge in [0.2, 0.25) is 10.0 Å². The van der Waals surface area contributed by atoms with E-state index in [0.29, 0.717) is 31.7 Å². The van der Waals surface area contributed by atoms with Gasteiger partial charge in [-0.3, -0.25) is 4.79 Å². The predicted octanol–water partition coefficient (Wildman–Crippen LogP) is 3.07. The quantitative estimate of drug-likeness (QED) is 0.647. The lowest BCUT2D eigenvalue weighted by molar-refractivity contribution is 0.0731. The van der Waals surface area contributed by atoms with Crippen LogP contribution in [0.2, 0.25) is 0 Å². The van der Waals surface area contributed by atoms with Crippen LogP contribution in [-0.4, -0.2) is 68.7 Å². The summed E-state index contributed by atoms with van der Waals surface area (Å²) in [6.45, 7) is 2.86. The molecule has 0 radical (unpaired) electrons. The van der Waals surface area contributed by atoms with E-state index < -0.39 is 10.0 Å². The minimum absolute atomic E-state index is 0.156. The van der Waals surface area contributed by atoms with Crippen molar-refractivity contribution >= 4 is 15.9 Å². The van der Waals surface area contributed by atoms with Crippen LogP contribution in [0.15, 0.2) is 59.5 Å². The number of carbonyl (C=O) groups excluding carboxylic acids is 1. The molecule has 0 aromatic heterocycles. The van der Waals surface area contributed by atoms with Crippen molar-refractivity contribution in [3.63, 3.8) is 0 Å². The van der Waals surface area contributed by atoms with Crippen LogP contribution in [0.25, 0.3) is 0 Å². The summed E-state index contributed by atoms with van der Waals surface area (Å²) in [7, 11) is 0.364. The molecule has 30 heavy (non-hydrogen) atoms. The topological polar surface area (TPSA) is 60.9 Å². The highest BCUT2D eigenvalue weighted by Crippen LogP contribution is 2.22. The largest absolute Gasteiger partial charge is 0.333 e. The van der Waals surface area contributed by atoms with Crippen LogP contribution in [0.1, 0.15) is 35.2 Å². The molecule has 0 aliphatic carbocycles. The highest BCUT2D eigenvalue weighted by Gasteiger charge is 2.27. The molecular formula is C23H31N3O3S. The molecule has 0 saturated carbocycles. The van der Waals surface area contributed by atoms with E-state index in [4.69, 9.17) is 0 Å². The highest BCUT2D eigenvalue weighted by atomic mass is 32.2. The van der Waals surface area contributed by atoms with E-state index in [0.717, 1.165) is 31.4 Å². The molecule has 0 N–H and O–H groups in total. The first kappa shape index (κ1) is 22.5. The summed E-state index contributed by atoms with van der Waals surface area (Å²) in [4.78, 5) is 17.3. The molecule has 2 aromatic carbocycles. The van der Waals surface area contributed by atoms with Crippen LogP contribution in [0.3, 0.4) is 0 Å². The number of hydrogen-bond acceptors (Lipinski definition) is 4. The first-order chi connectivity index (χ1) is 14.4. The van der Waals surface area contributed by atoms with Crippen LogP contribution in [0.5, 0.6) is 0 Å². The Balaban J connectivity index is 1.84. The molecule has 1 heterocycles. The van der Waals surface area contributed by atoms with Gasteiger partial charge in [0.05, 0.1) is 4.90 Å². The number of piperidine rings is 1. The molecule has 2 aromatic rings. The Labute approximate surface area is 180 Å². The average Bonchev–Trinajstić information content (AvgIpc) is 2.77. The summed E-state index contributed by atoms with van der Waals surface area (Å²) in [6.07, 6.45) is 2.82. The lowest BCUT2D eigenvalue weighted by Crippen LogP contribution is -2.37. The zero-order valence-electron chi connectivity index (χ0n) is 17.8. The summed E-state index contributed by atoms with van der Waals surface area (Å²) in [5.74, 6) is -0.156. The van der Waals surface area contributed by atoms with Gasteiger partial charge in [-0.1, -0.05) is 42.8 Å². The van der Waals surface area contributed by atoms with Gasteiger partial charge in [0.15, 0.2) is 0 Å². The van der Waals surface area contributed by atoms with Gasteiger partial charge in [-0.2, -0.15) is 4.31 Å². The summed E-state index contributed by atoms with van der Waals surface area (Å²) >= 11 is 0. The average molecular weight is 430 g/mol. The summed E-state index contributed by atoms with van der Waals surface area (Å²) < 4.78 is 27.6. The third-order valence-corrected chi connectivity index (χ3v) is 7.25.